The first kappa shape index (κ1) is 24.7. The summed E-state index contributed by atoms with van der Waals surface area (Å²) in [7, 11) is -2.18. The maximum Gasteiger partial charge on any atom is 0.268 e. The van der Waals surface area contributed by atoms with Crippen molar-refractivity contribution in [3.63, 3.8) is 0 Å². The third-order valence-electron chi connectivity index (χ3n) is 5.56. The van der Waals surface area contributed by atoms with Gasteiger partial charge in [-0.15, -0.1) is 13.2 Å². The lowest BCUT2D eigenvalue weighted by molar-refractivity contribution is -0.127. The number of hydrogen-bond donors (Lipinski definition) is 0. The molecule has 1 atom stereocenters. The molecule has 33 heavy (non-hydrogen) atoms. The zero-order valence-electron chi connectivity index (χ0n) is 18.7. The summed E-state index contributed by atoms with van der Waals surface area (Å²) in [6.07, 6.45) is 5.89. The van der Waals surface area contributed by atoms with Crippen molar-refractivity contribution in [2.45, 2.75) is 30.7 Å². The highest BCUT2D eigenvalue weighted by molar-refractivity contribution is 9.12. The first-order valence-electron chi connectivity index (χ1n) is 10.5. The molecule has 0 fully saturated rings. The lowest BCUT2D eigenvalue weighted by Crippen LogP contribution is -2.32. The monoisotopic (exact) mass is 526 g/mol. The molecule has 0 aliphatic heterocycles. The van der Waals surface area contributed by atoms with Crippen LogP contribution in [-0.4, -0.2) is 30.2 Å². The molecule has 3 rings (SSSR count). The highest BCUT2D eigenvalue weighted by Gasteiger charge is 2.32. The average molecular weight is 527 g/mol. The van der Waals surface area contributed by atoms with Crippen LogP contribution in [0.3, 0.4) is 0 Å². The largest absolute Gasteiger partial charge is 0.334 e. The number of fused-ring (bicyclic) bond motifs is 1. The van der Waals surface area contributed by atoms with Gasteiger partial charge in [0, 0.05) is 30.1 Å². The minimum atomic E-state index is -3.89. The van der Waals surface area contributed by atoms with Crippen LogP contribution >= 0.6 is 15.9 Å². The normalized spacial score (nSPS) is 13.0. The number of halogens is 1. The summed E-state index contributed by atoms with van der Waals surface area (Å²) >= 11 is 3.33. The molecule has 0 N–H and O–H groups in total. The molecule has 172 valence electrons. The van der Waals surface area contributed by atoms with Gasteiger partial charge in [0.05, 0.1) is 20.9 Å². The highest BCUT2D eigenvalue weighted by Crippen LogP contribution is 2.39. The Morgan fingerprint density at radius 2 is 1.73 bits per heavy atom. The Morgan fingerprint density at radius 3 is 2.33 bits per heavy atom. The first-order valence-corrected chi connectivity index (χ1v) is 12.8. The smallest absolute Gasteiger partial charge is 0.268 e. The van der Waals surface area contributed by atoms with Gasteiger partial charge in [0.2, 0.25) is 0 Å². The quantitative estimate of drug-likeness (QED) is 0.254. The lowest BCUT2D eigenvalue weighted by Gasteiger charge is -2.28. The van der Waals surface area contributed by atoms with E-state index in [9.17, 15) is 13.2 Å². The van der Waals surface area contributed by atoms with Crippen LogP contribution in [0, 0.1) is 0 Å². The van der Waals surface area contributed by atoms with Crippen LogP contribution in [-0.2, 0) is 21.2 Å². The molecule has 5 nitrogen and oxygen atoms in total. The molecule has 0 radical (unpaired) electrons. The van der Waals surface area contributed by atoms with Gasteiger partial charge >= 0.3 is 0 Å². The number of nitrogens with zero attached hydrogens (tertiary/aromatic N) is 2. The molecule has 3 aromatic rings. The van der Waals surface area contributed by atoms with Crippen LogP contribution in [0.2, 0.25) is 0 Å². The Bertz CT molecular complexity index is 1320. The SMILES string of the molecule is C=CCc1c(C(CC=C)N(C)C(=O)/C(Br)=C/C)c2ccccc2n1S(=O)(=O)c1ccccc1. The summed E-state index contributed by atoms with van der Waals surface area (Å²) in [6, 6.07) is 15.3. The zero-order valence-corrected chi connectivity index (χ0v) is 21.1. The van der Waals surface area contributed by atoms with Crippen molar-refractivity contribution in [3.05, 3.63) is 102 Å². The van der Waals surface area contributed by atoms with Crippen molar-refractivity contribution in [2.75, 3.05) is 7.05 Å². The molecule has 1 heterocycles. The fourth-order valence-electron chi connectivity index (χ4n) is 4.02. The molecule has 0 saturated carbocycles. The topological polar surface area (TPSA) is 59.4 Å². The van der Waals surface area contributed by atoms with Crippen molar-refractivity contribution in [3.8, 4) is 0 Å². The van der Waals surface area contributed by atoms with Gasteiger partial charge < -0.3 is 4.90 Å². The van der Waals surface area contributed by atoms with Gasteiger partial charge in [-0.05, 0) is 47.5 Å². The molecular weight excluding hydrogens is 500 g/mol. The number of carbonyl (C=O) groups is 1. The Balaban J connectivity index is 2.39. The number of amides is 1. The molecule has 0 spiro atoms. The van der Waals surface area contributed by atoms with E-state index in [2.05, 4.69) is 29.1 Å². The second-order valence-electron chi connectivity index (χ2n) is 7.55. The molecule has 1 amide bonds. The summed E-state index contributed by atoms with van der Waals surface area (Å²) in [6.45, 7) is 9.52. The second-order valence-corrected chi connectivity index (χ2v) is 10.2. The van der Waals surface area contributed by atoms with E-state index in [1.165, 1.54) is 3.97 Å². The van der Waals surface area contributed by atoms with Crippen LogP contribution in [0.15, 0.2) is 95.4 Å². The van der Waals surface area contributed by atoms with Gasteiger partial charge in [-0.3, -0.25) is 4.79 Å². The fourth-order valence-corrected chi connectivity index (χ4v) is 5.90. The average Bonchev–Trinajstić information content (AvgIpc) is 3.16. The van der Waals surface area contributed by atoms with Crippen molar-refractivity contribution in [1.29, 1.82) is 0 Å². The minimum absolute atomic E-state index is 0.198. The highest BCUT2D eigenvalue weighted by atomic mass is 79.9. The van der Waals surface area contributed by atoms with Gasteiger partial charge in [0.15, 0.2) is 0 Å². The Kier molecular flexibility index (Phi) is 7.76. The maximum absolute atomic E-state index is 13.8. The standard InChI is InChI=1S/C26H27BrN2O3S/c1-5-13-23(28(4)26(30)21(27)7-3)25-20-17-11-12-18-22(20)29(24(25)14-6-2)33(31,32)19-15-9-8-10-16-19/h5-12,15-18,23H,1-2,13-14H2,3-4H3/b21-7-. The molecule has 2 aromatic carbocycles. The summed E-state index contributed by atoms with van der Waals surface area (Å²) in [5, 5.41) is 0.775. The molecule has 0 aliphatic rings. The molecule has 0 bridgehead atoms. The van der Waals surface area contributed by atoms with E-state index >= 15 is 0 Å². The summed E-state index contributed by atoms with van der Waals surface area (Å²) in [5.74, 6) is -0.198. The predicted octanol–water partition coefficient (Wildman–Crippen LogP) is 5.98. The van der Waals surface area contributed by atoms with Crippen LogP contribution in [0.4, 0.5) is 0 Å². The number of hydrogen-bond acceptors (Lipinski definition) is 3. The molecule has 0 saturated heterocycles. The molecule has 1 aromatic heterocycles. The number of likely N-dealkylation sites (N-methyl/N-ethyl adjacent to an activating group) is 1. The van der Waals surface area contributed by atoms with E-state index < -0.39 is 16.1 Å². The molecule has 0 aliphatic carbocycles. The predicted molar refractivity (Wildman–Crippen MR) is 138 cm³/mol. The molecule has 1 unspecified atom stereocenters. The summed E-state index contributed by atoms with van der Waals surface area (Å²) < 4.78 is 29.4. The Hall–Kier alpha value is -2.90. The van der Waals surface area contributed by atoms with Gasteiger partial charge in [-0.1, -0.05) is 54.6 Å². The number of carbonyl (C=O) groups excluding carboxylic acids is 1. The molecule has 7 heteroatoms. The number of allylic oxidation sites excluding steroid dienone is 2. The zero-order chi connectivity index (χ0) is 24.2. The van der Waals surface area contributed by atoms with Gasteiger partial charge in [-0.2, -0.15) is 0 Å². The lowest BCUT2D eigenvalue weighted by atomic mass is 9.97. The van der Waals surface area contributed by atoms with Crippen LogP contribution < -0.4 is 0 Å². The van der Waals surface area contributed by atoms with Crippen LogP contribution in [0.1, 0.15) is 30.6 Å². The first-order chi connectivity index (χ1) is 15.8. The van der Waals surface area contributed by atoms with Crippen molar-refractivity contribution >= 4 is 42.8 Å². The summed E-state index contributed by atoms with van der Waals surface area (Å²) in [5.41, 5.74) is 1.92. The van der Waals surface area contributed by atoms with Crippen LogP contribution in [0.25, 0.3) is 10.9 Å². The number of benzene rings is 2. The Labute approximate surface area is 203 Å². The van der Waals surface area contributed by atoms with Crippen molar-refractivity contribution in [2.24, 2.45) is 0 Å². The molecular formula is C26H27BrN2O3S. The van der Waals surface area contributed by atoms with Crippen LogP contribution in [0.5, 0.6) is 0 Å². The van der Waals surface area contributed by atoms with Gasteiger partial charge in [0.25, 0.3) is 15.9 Å². The van der Waals surface area contributed by atoms with E-state index in [1.54, 1.807) is 73.5 Å². The van der Waals surface area contributed by atoms with Crippen molar-refractivity contribution in [1.82, 2.24) is 8.87 Å². The third kappa shape index (κ3) is 4.61. The van der Waals surface area contributed by atoms with Gasteiger partial charge in [0.1, 0.15) is 0 Å². The summed E-state index contributed by atoms with van der Waals surface area (Å²) in [4.78, 5) is 14.8. The van der Waals surface area contributed by atoms with E-state index in [-0.39, 0.29) is 10.8 Å². The van der Waals surface area contributed by atoms with Crippen molar-refractivity contribution < 1.29 is 13.2 Å². The Morgan fingerprint density at radius 1 is 1.09 bits per heavy atom. The fraction of sp³-hybridized carbons (Fsp3) is 0.192. The number of rotatable bonds is 9. The third-order valence-corrected chi connectivity index (χ3v) is 8.12. The van der Waals surface area contributed by atoms with E-state index in [4.69, 9.17) is 0 Å². The number of aromatic nitrogens is 1. The minimum Gasteiger partial charge on any atom is -0.334 e. The van der Waals surface area contributed by atoms with Gasteiger partial charge in [-0.25, -0.2) is 12.4 Å². The van der Waals surface area contributed by atoms with E-state index in [0.717, 1.165) is 10.9 Å². The van der Waals surface area contributed by atoms with E-state index in [1.807, 2.05) is 18.2 Å². The maximum atomic E-state index is 13.8. The number of para-hydroxylation sites is 1. The second kappa shape index (κ2) is 10.4. The van der Waals surface area contributed by atoms with E-state index in [0.29, 0.717) is 28.5 Å².